The molecule has 2 amide bonds. The highest BCUT2D eigenvalue weighted by atomic mass is 16.3. The second-order valence-electron chi connectivity index (χ2n) is 4.47. The molecular formula is C15H17N3O3. The number of nitrogens with one attached hydrogen (secondary N) is 3. The Hall–Kier alpha value is -2.76. The molecule has 6 heteroatoms. The van der Waals surface area contributed by atoms with Gasteiger partial charge in [-0.3, -0.25) is 9.59 Å². The summed E-state index contributed by atoms with van der Waals surface area (Å²) >= 11 is 0. The number of amides is 2. The van der Waals surface area contributed by atoms with Crippen molar-refractivity contribution in [2.45, 2.75) is 13.5 Å². The molecule has 6 nitrogen and oxygen atoms in total. The van der Waals surface area contributed by atoms with Crippen molar-refractivity contribution in [3.05, 3.63) is 48.4 Å². The van der Waals surface area contributed by atoms with E-state index in [0.717, 1.165) is 5.69 Å². The predicted octanol–water partition coefficient (Wildman–Crippen LogP) is 1.97. The Kier molecular flexibility index (Phi) is 4.98. The van der Waals surface area contributed by atoms with Gasteiger partial charge in [-0.25, -0.2) is 0 Å². The largest absolute Gasteiger partial charge is 0.467 e. The van der Waals surface area contributed by atoms with Crippen LogP contribution in [-0.4, -0.2) is 18.4 Å². The van der Waals surface area contributed by atoms with Gasteiger partial charge in [-0.1, -0.05) is 6.07 Å². The minimum atomic E-state index is -0.142. The van der Waals surface area contributed by atoms with Crippen LogP contribution in [0.4, 0.5) is 11.4 Å². The van der Waals surface area contributed by atoms with Gasteiger partial charge in [0, 0.05) is 18.3 Å². The van der Waals surface area contributed by atoms with Gasteiger partial charge < -0.3 is 20.4 Å². The molecule has 1 aromatic heterocycles. The summed E-state index contributed by atoms with van der Waals surface area (Å²) in [4.78, 5) is 22.7. The topological polar surface area (TPSA) is 83.4 Å². The Labute approximate surface area is 122 Å². The van der Waals surface area contributed by atoms with Crippen LogP contribution >= 0.6 is 0 Å². The molecule has 0 bridgehead atoms. The summed E-state index contributed by atoms with van der Waals surface area (Å²) in [7, 11) is 0. The maximum absolute atomic E-state index is 11.7. The molecule has 21 heavy (non-hydrogen) atoms. The quantitative estimate of drug-likeness (QED) is 0.758. The van der Waals surface area contributed by atoms with Crippen LogP contribution in [0.1, 0.15) is 12.7 Å². The molecule has 0 saturated heterocycles. The normalized spacial score (nSPS) is 9.95. The van der Waals surface area contributed by atoms with Gasteiger partial charge >= 0.3 is 0 Å². The van der Waals surface area contributed by atoms with Crippen molar-refractivity contribution in [3.63, 3.8) is 0 Å². The van der Waals surface area contributed by atoms with Crippen molar-refractivity contribution < 1.29 is 14.0 Å². The molecule has 2 aromatic rings. The summed E-state index contributed by atoms with van der Waals surface area (Å²) in [6.07, 6.45) is 1.56. The van der Waals surface area contributed by atoms with E-state index in [2.05, 4.69) is 16.0 Å². The SMILES string of the molecule is CC(=O)Nc1cccc(NCC(=O)NCc2ccco2)c1. The maximum Gasteiger partial charge on any atom is 0.239 e. The van der Waals surface area contributed by atoms with E-state index in [1.807, 2.05) is 6.07 Å². The number of carbonyl (C=O) groups is 2. The average molecular weight is 287 g/mol. The number of anilines is 2. The van der Waals surface area contributed by atoms with Gasteiger partial charge in [-0.2, -0.15) is 0 Å². The Morgan fingerprint density at radius 3 is 2.67 bits per heavy atom. The monoisotopic (exact) mass is 287 g/mol. The van der Waals surface area contributed by atoms with Crippen LogP contribution in [0.2, 0.25) is 0 Å². The molecule has 110 valence electrons. The molecular weight excluding hydrogens is 270 g/mol. The Morgan fingerprint density at radius 2 is 1.95 bits per heavy atom. The summed E-state index contributed by atoms with van der Waals surface area (Å²) in [5.74, 6) is 0.427. The van der Waals surface area contributed by atoms with Crippen LogP contribution in [-0.2, 0) is 16.1 Å². The molecule has 1 aromatic carbocycles. The van der Waals surface area contributed by atoms with Crippen molar-refractivity contribution in [2.75, 3.05) is 17.2 Å². The average Bonchev–Trinajstić information content (AvgIpc) is 2.96. The van der Waals surface area contributed by atoms with E-state index < -0.39 is 0 Å². The maximum atomic E-state index is 11.7. The zero-order chi connectivity index (χ0) is 15.1. The second kappa shape index (κ2) is 7.14. The molecule has 0 aliphatic heterocycles. The van der Waals surface area contributed by atoms with E-state index in [9.17, 15) is 9.59 Å². The summed E-state index contributed by atoms with van der Waals surface area (Å²) < 4.78 is 5.12. The van der Waals surface area contributed by atoms with Gasteiger partial charge in [0.15, 0.2) is 0 Å². The number of hydrogen-bond donors (Lipinski definition) is 3. The highest BCUT2D eigenvalue weighted by Crippen LogP contribution is 2.14. The highest BCUT2D eigenvalue weighted by Gasteiger charge is 2.03. The van der Waals surface area contributed by atoms with Crippen LogP contribution in [0.3, 0.4) is 0 Å². The zero-order valence-electron chi connectivity index (χ0n) is 11.7. The lowest BCUT2D eigenvalue weighted by Gasteiger charge is -2.09. The number of hydrogen-bond acceptors (Lipinski definition) is 4. The molecule has 2 rings (SSSR count). The Morgan fingerprint density at radius 1 is 1.14 bits per heavy atom. The van der Waals surface area contributed by atoms with Crippen LogP contribution < -0.4 is 16.0 Å². The number of benzene rings is 1. The first-order valence-corrected chi connectivity index (χ1v) is 6.54. The summed E-state index contributed by atoms with van der Waals surface area (Å²) in [5, 5.41) is 8.42. The molecule has 0 aliphatic carbocycles. The molecule has 0 aliphatic rings. The molecule has 0 radical (unpaired) electrons. The Balaban J connectivity index is 1.79. The van der Waals surface area contributed by atoms with Crippen molar-refractivity contribution >= 4 is 23.2 Å². The highest BCUT2D eigenvalue weighted by molar-refractivity contribution is 5.89. The zero-order valence-corrected chi connectivity index (χ0v) is 11.7. The number of rotatable bonds is 6. The van der Waals surface area contributed by atoms with Gasteiger partial charge in [-0.05, 0) is 30.3 Å². The van der Waals surface area contributed by atoms with E-state index in [4.69, 9.17) is 4.42 Å². The van der Waals surface area contributed by atoms with Crippen LogP contribution in [0.15, 0.2) is 47.1 Å². The number of furan rings is 1. The molecule has 0 atom stereocenters. The Bertz CT molecular complexity index is 608. The van der Waals surface area contributed by atoms with Crippen LogP contribution in [0, 0.1) is 0 Å². The molecule has 0 unspecified atom stereocenters. The molecule has 1 heterocycles. The van der Waals surface area contributed by atoms with E-state index in [1.54, 1.807) is 36.6 Å². The first-order valence-electron chi connectivity index (χ1n) is 6.54. The van der Waals surface area contributed by atoms with Gasteiger partial charge in [0.05, 0.1) is 19.4 Å². The molecule has 0 saturated carbocycles. The summed E-state index contributed by atoms with van der Waals surface area (Å²) in [6, 6.07) is 10.7. The predicted molar refractivity (Wildman–Crippen MR) is 79.8 cm³/mol. The van der Waals surface area contributed by atoms with Gasteiger partial charge in [0.2, 0.25) is 11.8 Å². The lowest BCUT2D eigenvalue weighted by Crippen LogP contribution is -2.29. The van der Waals surface area contributed by atoms with E-state index in [1.165, 1.54) is 6.92 Å². The number of carbonyl (C=O) groups excluding carboxylic acids is 2. The third-order valence-electron chi connectivity index (χ3n) is 2.68. The van der Waals surface area contributed by atoms with E-state index in [-0.39, 0.29) is 18.4 Å². The van der Waals surface area contributed by atoms with Crippen molar-refractivity contribution in [3.8, 4) is 0 Å². The van der Waals surface area contributed by atoms with Gasteiger partial charge in [0.1, 0.15) is 5.76 Å². The van der Waals surface area contributed by atoms with E-state index in [0.29, 0.717) is 18.0 Å². The fourth-order valence-corrected chi connectivity index (χ4v) is 1.75. The molecule has 3 N–H and O–H groups in total. The molecule has 0 spiro atoms. The minimum absolute atomic E-state index is 0.136. The minimum Gasteiger partial charge on any atom is -0.467 e. The second-order valence-corrected chi connectivity index (χ2v) is 4.47. The van der Waals surface area contributed by atoms with E-state index >= 15 is 0 Å². The van der Waals surface area contributed by atoms with Gasteiger partial charge in [0.25, 0.3) is 0 Å². The van der Waals surface area contributed by atoms with Gasteiger partial charge in [-0.15, -0.1) is 0 Å². The van der Waals surface area contributed by atoms with Crippen molar-refractivity contribution in [1.29, 1.82) is 0 Å². The summed E-state index contributed by atoms with van der Waals surface area (Å²) in [6.45, 7) is 1.95. The van der Waals surface area contributed by atoms with Crippen LogP contribution in [0.5, 0.6) is 0 Å². The third kappa shape index (κ3) is 5.02. The first-order chi connectivity index (χ1) is 10.1. The smallest absolute Gasteiger partial charge is 0.239 e. The third-order valence-corrected chi connectivity index (χ3v) is 2.68. The lowest BCUT2D eigenvalue weighted by molar-refractivity contribution is -0.119. The fraction of sp³-hybridized carbons (Fsp3) is 0.200. The fourth-order valence-electron chi connectivity index (χ4n) is 1.75. The summed E-state index contributed by atoms with van der Waals surface area (Å²) in [5.41, 5.74) is 1.44. The van der Waals surface area contributed by atoms with Crippen LogP contribution in [0.25, 0.3) is 0 Å². The first kappa shape index (κ1) is 14.6. The molecule has 0 fully saturated rings. The van der Waals surface area contributed by atoms with Crippen molar-refractivity contribution in [2.24, 2.45) is 0 Å². The van der Waals surface area contributed by atoms with Crippen molar-refractivity contribution in [1.82, 2.24) is 5.32 Å². The lowest BCUT2D eigenvalue weighted by atomic mass is 10.2. The standard InChI is InChI=1S/C15H17N3O3/c1-11(19)18-13-5-2-4-12(8-13)16-10-15(20)17-9-14-6-3-7-21-14/h2-8,16H,9-10H2,1H3,(H,17,20)(H,18,19).